The first kappa shape index (κ1) is 21.6. The minimum atomic E-state index is -1.26. The number of hydrogen-bond donors (Lipinski definition) is 0. The van der Waals surface area contributed by atoms with Gasteiger partial charge in [0.25, 0.3) is 0 Å². The average Bonchev–Trinajstić information content (AvgIpc) is 3.17. The Balaban J connectivity index is 1.92. The maximum atomic E-state index is 12.7. The van der Waals surface area contributed by atoms with E-state index in [-0.39, 0.29) is 12.0 Å². The number of rotatable bonds is 6. The Kier molecular flexibility index (Phi) is 6.29. The summed E-state index contributed by atoms with van der Waals surface area (Å²) in [6.07, 6.45) is 2.72. The van der Waals surface area contributed by atoms with Gasteiger partial charge in [-0.15, -0.1) is 0 Å². The Morgan fingerprint density at radius 3 is 2.67 bits per heavy atom. The lowest BCUT2D eigenvalue weighted by molar-refractivity contribution is -0.310. The third-order valence-corrected chi connectivity index (χ3v) is 5.56. The number of hydrogen-bond acceptors (Lipinski definition) is 6. The number of ether oxygens (including phenoxy) is 1. The molecule has 0 N–H and O–H groups in total. The summed E-state index contributed by atoms with van der Waals surface area (Å²) in [5, 5.41) is 12.0. The van der Waals surface area contributed by atoms with Crippen LogP contribution >= 0.6 is 0 Å². The molecule has 1 saturated heterocycles. The topological polar surface area (TPSA) is 99.9 Å². The summed E-state index contributed by atoms with van der Waals surface area (Å²) in [5.74, 6) is -1.05. The summed E-state index contributed by atoms with van der Waals surface area (Å²) in [7, 11) is 0. The highest BCUT2D eigenvalue weighted by molar-refractivity contribution is 5.89. The van der Waals surface area contributed by atoms with Crippen LogP contribution in [0.2, 0.25) is 0 Å². The zero-order valence-corrected chi connectivity index (χ0v) is 17.7. The van der Waals surface area contributed by atoms with Crippen molar-refractivity contribution in [2.45, 2.75) is 53.0 Å². The van der Waals surface area contributed by atoms with Gasteiger partial charge in [0.05, 0.1) is 24.0 Å². The highest BCUT2D eigenvalue weighted by Gasteiger charge is 2.30. The summed E-state index contributed by atoms with van der Waals surface area (Å²) in [6, 6.07) is 2.70. The molecule has 160 valence electrons. The van der Waals surface area contributed by atoms with Gasteiger partial charge < -0.3 is 24.0 Å². The van der Waals surface area contributed by atoms with Crippen molar-refractivity contribution in [1.82, 2.24) is 4.90 Å². The van der Waals surface area contributed by atoms with Crippen molar-refractivity contribution in [3.63, 3.8) is 0 Å². The van der Waals surface area contributed by atoms with E-state index in [1.807, 2.05) is 39.0 Å². The molecule has 1 aliphatic heterocycles. The van der Waals surface area contributed by atoms with E-state index in [0.29, 0.717) is 48.5 Å². The third-order valence-electron chi connectivity index (χ3n) is 5.56. The van der Waals surface area contributed by atoms with Gasteiger partial charge in [0.15, 0.2) is 0 Å². The summed E-state index contributed by atoms with van der Waals surface area (Å²) < 4.78 is 11.3. The minimum absolute atomic E-state index is 0.203. The molecule has 7 nitrogen and oxygen atoms in total. The maximum absolute atomic E-state index is 12.7. The number of carboxylic acids is 1. The van der Waals surface area contributed by atoms with Crippen LogP contribution in [0.15, 0.2) is 33.0 Å². The Hall–Kier alpha value is -3.09. The van der Waals surface area contributed by atoms with Crippen LogP contribution in [0.3, 0.4) is 0 Å². The predicted molar refractivity (Wildman–Crippen MR) is 110 cm³/mol. The summed E-state index contributed by atoms with van der Waals surface area (Å²) in [6.45, 7) is 8.33. The molecule has 1 aromatic carbocycles. The third kappa shape index (κ3) is 4.25. The number of likely N-dealkylation sites (tertiary alicyclic amines) is 1. The zero-order valence-electron chi connectivity index (χ0n) is 17.7. The van der Waals surface area contributed by atoms with E-state index in [2.05, 4.69) is 0 Å². The maximum Gasteiger partial charge on any atom is 0.340 e. The molecule has 1 aliphatic rings. The van der Waals surface area contributed by atoms with Gasteiger partial charge in [-0.25, -0.2) is 4.79 Å². The second kappa shape index (κ2) is 8.73. The molecule has 1 atom stereocenters. The Morgan fingerprint density at radius 1 is 1.27 bits per heavy atom. The molecule has 1 fully saturated rings. The fourth-order valence-electron chi connectivity index (χ4n) is 3.79. The highest BCUT2D eigenvalue weighted by atomic mass is 16.5. The number of fused-ring (bicyclic) bond motifs is 1. The number of aliphatic carboxylic acids is 1. The molecule has 2 heterocycles. The van der Waals surface area contributed by atoms with Crippen molar-refractivity contribution < 1.29 is 23.8 Å². The second-order valence-corrected chi connectivity index (χ2v) is 7.89. The van der Waals surface area contributed by atoms with E-state index >= 15 is 0 Å². The molecule has 7 heteroatoms. The van der Waals surface area contributed by atoms with E-state index in [1.54, 1.807) is 6.92 Å². The molecule has 2 aromatic rings. The van der Waals surface area contributed by atoms with Gasteiger partial charge in [0.2, 0.25) is 5.91 Å². The van der Waals surface area contributed by atoms with E-state index in [0.717, 1.165) is 11.0 Å². The van der Waals surface area contributed by atoms with Gasteiger partial charge in [-0.1, -0.05) is 5.57 Å². The molecule has 1 aromatic heterocycles. The Bertz CT molecular complexity index is 1080. The molecule has 0 aliphatic carbocycles. The number of carbonyl (C=O) groups is 2. The fourth-order valence-corrected chi connectivity index (χ4v) is 3.79. The number of amides is 1. The molecule has 0 spiro atoms. The van der Waals surface area contributed by atoms with Gasteiger partial charge >= 0.3 is 5.63 Å². The largest absolute Gasteiger partial charge is 0.548 e. The average molecular weight is 412 g/mol. The van der Waals surface area contributed by atoms with Crippen LogP contribution in [-0.4, -0.2) is 36.0 Å². The van der Waals surface area contributed by atoms with Crippen LogP contribution in [0.4, 0.5) is 0 Å². The lowest BCUT2D eigenvalue weighted by atomic mass is 10.0. The summed E-state index contributed by atoms with van der Waals surface area (Å²) in [5.41, 5.74) is 2.58. The predicted octanol–water partition coefficient (Wildman–Crippen LogP) is 2.04. The van der Waals surface area contributed by atoms with Crippen molar-refractivity contribution in [2.24, 2.45) is 0 Å². The molecule has 0 bridgehead atoms. The lowest BCUT2D eigenvalue weighted by Gasteiger charge is -2.25. The molecule has 0 unspecified atom stereocenters. The van der Waals surface area contributed by atoms with Crippen LogP contribution in [0.25, 0.3) is 11.0 Å². The molecular formula is C23H26NO6-. The van der Waals surface area contributed by atoms with Crippen LogP contribution in [0, 0.1) is 13.8 Å². The van der Waals surface area contributed by atoms with Gasteiger partial charge in [-0.3, -0.25) is 4.79 Å². The molecular weight excluding hydrogens is 386 g/mol. The molecule has 3 rings (SSSR count). The van der Waals surface area contributed by atoms with Gasteiger partial charge in [-0.2, -0.15) is 0 Å². The van der Waals surface area contributed by atoms with E-state index in [1.165, 1.54) is 4.90 Å². The smallest absolute Gasteiger partial charge is 0.340 e. The SMILES string of the molecule is CC(C)=CCOc1ccc2c(C)c(CC(=O)N3CCC[C@H]3C(=O)[O-])c(=O)oc2c1C. The Labute approximate surface area is 174 Å². The first-order chi connectivity index (χ1) is 14.2. The van der Waals surface area contributed by atoms with E-state index in [4.69, 9.17) is 9.15 Å². The van der Waals surface area contributed by atoms with Gasteiger partial charge in [0.1, 0.15) is 17.9 Å². The van der Waals surface area contributed by atoms with Crippen molar-refractivity contribution in [3.05, 3.63) is 50.9 Å². The zero-order chi connectivity index (χ0) is 22.0. The fraction of sp³-hybridized carbons (Fsp3) is 0.435. The molecule has 1 amide bonds. The number of carboxylic acid groups (broad SMARTS) is 1. The number of aryl methyl sites for hydroxylation is 2. The van der Waals surface area contributed by atoms with E-state index < -0.39 is 23.5 Å². The second-order valence-electron chi connectivity index (χ2n) is 7.89. The van der Waals surface area contributed by atoms with Crippen LogP contribution < -0.4 is 15.5 Å². The van der Waals surface area contributed by atoms with Crippen molar-refractivity contribution in [1.29, 1.82) is 0 Å². The highest BCUT2D eigenvalue weighted by Crippen LogP contribution is 2.30. The van der Waals surface area contributed by atoms with Crippen molar-refractivity contribution >= 4 is 22.8 Å². The monoisotopic (exact) mass is 412 g/mol. The van der Waals surface area contributed by atoms with Crippen LogP contribution in [0.5, 0.6) is 5.75 Å². The molecule has 0 saturated carbocycles. The normalized spacial score (nSPS) is 16.0. The number of benzene rings is 1. The van der Waals surface area contributed by atoms with Crippen LogP contribution in [0.1, 0.15) is 43.4 Å². The minimum Gasteiger partial charge on any atom is -0.548 e. The summed E-state index contributed by atoms with van der Waals surface area (Å²) >= 11 is 0. The van der Waals surface area contributed by atoms with E-state index in [9.17, 15) is 19.5 Å². The quantitative estimate of drug-likeness (QED) is 0.532. The van der Waals surface area contributed by atoms with Crippen molar-refractivity contribution in [2.75, 3.05) is 13.2 Å². The number of allylic oxidation sites excluding steroid dienone is 1. The Morgan fingerprint density at radius 2 is 2.00 bits per heavy atom. The van der Waals surface area contributed by atoms with Crippen LogP contribution in [-0.2, 0) is 16.0 Å². The molecule has 30 heavy (non-hydrogen) atoms. The molecule has 0 radical (unpaired) electrons. The number of nitrogens with zero attached hydrogens (tertiary/aromatic N) is 1. The summed E-state index contributed by atoms with van der Waals surface area (Å²) in [4.78, 5) is 37.9. The van der Waals surface area contributed by atoms with Gasteiger partial charge in [0, 0.05) is 17.5 Å². The first-order valence-electron chi connectivity index (χ1n) is 10.0. The lowest BCUT2D eigenvalue weighted by Crippen LogP contribution is -2.47. The standard InChI is InChI=1S/C23H27NO6/c1-13(2)9-11-29-19-8-7-16-14(3)17(23(28)30-21(16)15(19)4)12-20(25)24-10-5-6-18(24)22(26)27/h7-9,18H,5-6,10-12H2,1-4H3,(H,26,27)/p-1/t18-/m0/s1. The number of carbonyl (C=O) groups excluding carboxylic acids is 2. The van der Waals surface area contributed by atoms with Gasteiger partial charge in [-0.05, 0) is 64.3 Å². The first-order valence-corrected chi connectivity index (χ1v) is 10.0. The van der Waals surface area contributed by atoms with Crippen molar-refractivity contribution in [3.8, 4) is 5.75 Å².